The average molecular weight is 842 g/mol. The van der Waals surface area contributed by atoms with Gasteiger partial charge in [-0.2, -0.15) is 0 Å². The highest BCUT2D eigenvalue weighted by Gasteiger charge is 2.20. The van der Waals surface area contributed by atoms with Crippen molar-refractivity contribution in [1.29, 1.82) is 0 Å². The van der Waals surface area contributed by atoms with Gasteiger partial charge in [-0.1, -0.05) is 149 Å². The summed E-state index contributed by atoms with van der Waals surface area (Å²) in [6.45, 7) is 5.05. The van der Waals surface area contributed by atoms with E-state index in [-0.39, 0.29) is 32.2 Å². The van der Waals surface area contributed by atoms with Gasteiger partial charge in [-0.3, -0.25) is 9.36 Å². The van der Waals surface area contributed by atoms with Crippen LogP contribution in [-0.2, 0) is 27.9 Å². The lowest BCUT2D eigenvalue weighted by atomic mass is 10.1. The van der Waals surface area contributed by atoms with Crippen LogP contribution in [0.1, 0.15) is 142 Å². The summed E-state index contributed by atoms with van der Waals surface area (Å²) in [5, 5.41) is 0. The third kappa shape index (κ3) is 46.1. The molecule has 0 aliphatic rings. The van der Waals surface area contributed by atoms with E-state index in [1.165, 1.54) is 0 Å². The molecule has 0 aliphatic carbocycles. The van der Waals surface area contributed by atoms with Gasteiger partial charge in [0.25, 0.3) is 7.82 Å². The summed E-state index contributed by atoms with van der Waals surface area (Å²) in [6.07, 6.45) is 58.2. The second kappa shape index (κ2) is 41.9. The first-order chi connectivity index (χ1) is 28.6. The van der Waals surface area contributed by atoms with Crippen LogP contribution in [0.2, 0.25) is 0 Å². The summed E-state index contributed by atoms with van der Waals surface area (Å²) in [7, 11) is 1.30. The fourth-order valence-electron chi connectivity index (χ4n) is 5.39. The van der Waals surface area contributed by atoms with Crippen LogP contribution in [0.4, 0.5) is 0 Å². The molecule has 2 unspecified atom stereocenters. The maximum atomic E-state index is 12.7. The molecule has 0 saturated heterocycles. The summed E-state index contributed by atoms with van der Waals surface area (Å²) in [4.78, 5) is 25.1. The highest BCUT2D eigenvalue weighted by atomic mass is 31.2. The van der Waals surface area contributed by atoms with Gasteiger partial charge in [0.2, 0.25) is 0 Å². The van der Waals surface area contributed by atoms with Crippen LogP contribution >= 0.6 is 7.82 Å². The number of hydrogen-bond donors (Lipinski definition) is 0. The van der Waals surface area contributed by atoms with Crippen molar-refractivity contribution >= 4 is 13.8 Å². The standard InChI is InChI=1S/C50H84NO7P/c1-6-8-10-12-14-16-18-20-22-24-25-26-28-30-32-34-36-38-40-42-45-55-47-49(48-57-59(53,54)56-46-44-51(3,4)5)58-50(52)43-41-39-37-35-33-31-29-27-23-21-19-17-15-13-11-9-7-2/h8-11,14-17,20-23,25-26,29-32,49H,6-7,12-13,18-19,24,27-28,33-48H2,1-5H3/b10-8-,11-9-,16-14-,17-15-,22-20-,23-21-,26-25-,31-29-,32-30-. The number of quaternary nitrogens is 1. The Morgan fingerprint density at radius 3 is 1.37 bits per heavy atom. The van der Waals surface area contributed by atoms with Gasteiger partial charge in [-0.05, 0) is 96.3 Å². The van der Waals surface area contributed by atoms with Gasteiger partial charge >= 0.3 is 5.97 Å². The van der Waals surface area contributed by atoms with Gasteiger partial charge in [-0.15, -0.1) is 0 Å². The molecule has 336 valence electrons. The van der Waals surface area contributed by atoms with Crippen LogP contribution in [0.15, 0.2) is 109 Å². The number of likely N-dealkylation sites (N-methyl/N-ethyl adjacent to an activating group) is 1. The smallest absolute Gasteiger partial charge is 0.306 e. The molecule has 8 nitrogen and oxygen atoms in total. The number of rotatable bonds is 40. The molecule has 0 rings (SSSR count). The predicted molar refractivity (Wildman–Crippen MR) is 249 cm³/mol. The molecule has 0 bridgehead atoms. The van der Waals surface area contributed by atoms with E-state index in [1.807, 2.05) is 21.1 Å². The number of carbonyl (C=O) groups excluding carboxylic acids is 1. The minimum Gasteiger partial charge on any atom is -0.756 e. The Labute approximate surface area is 361 Å². The number of carbonyl (C=O) groups is 1. The number of ether oxygens (including phenoxy) is 2. The average Bonchev–Trinajstić information content (AvgIpc) is 3.19. The second-order valence-corrected chi connectivity index (χ2v) is 17.1. The van der Waals surface area contributed by atoms with Crippen molar-refractivity contribution < 1.29 is 37.3 Å². The molecule has 0 N–H and O–H groups in total. The Hall–Kier alpha value is -2.84. The van der Waals surface area contributed by atoms with Gasteiger partial charge in [0.05, 0.1) is 34.4 Å². The first-order valence-electron chi connectivity index (χ1n) is 22.6. The molecule has 59 heavy (non-hydrogen) atoms. The minimum atomic E-state index is -4.55. The van der Waals surface area contributed by atoms with Gasteiger partial charge in [-0.25, -0.2) is 0 Å². The largest absolute Gasteiger partial charge is 0.756 e. The van der Waals surface area contributed by atoms with E-state index in [4.69, 9.17) is 18.5 Å². The van der Waals surface area contributed by atoms with Crippen LogP contribution < -0.4 is 4.89 Å². The van der Waals surface area contributed by atoms with Gasteiger partial charge in [0.1, 0.15) is 19.3 Å². The molecular weight excluding hydrogens is 758 g/mol. The van der Waals surface area contributed by atoms with Crippen LogP contribution in [0.3, 0.4) is 0 Å². The van der Waals surface area contributed by atoms with Gasteiger partial charge in [0.15, 0.2) is 0 Å². The lowest BCUT2D eigenvalue weighted by Crippen LogP contribution is -2.37. The van der Waals surface area contributed by atoms with Crippen LogP contribution in [0.25, 0.3) is 0 Å². The number of unbranched alkanes of at least 4 members (excludes halogenated alkanes) is 8. The molecule has 0 heterocycles. The second-order valence-electron chi connectivity index (χ2n) is 15.6. The van der Waals surface area contributed by atoms with E-state index in [0.717, 1.165) is 122 Å². The summed E-state index contributed by atoms with van der Waals surface area (Å²) in [6, 6.07) is 0. The van der Waals surface area contributed by atoms with E-state index < -0.39 is 13.9 Å². The molecule has 0 saturated carbocycles. The highest BCUT2D eigenvalue weighted by Crippen LogP contribution is 2.38. The molecule has 0 aliphatic heterocycles. The molecule has 0 amide bonds. The molecule has 9 heteroatoms. The first-order valence-corrected chi connectivity index (χ1v) is 24.1. The molecule has 0 radical (unpaired) electrons. The highest BCUT2D eigenvalue weighted by molar-refractivity contribution is 7.45. The molecule has 0 fully saturated rings. The van der Waals surface area contributed by atoms with Crippen LogP contribution in [-0.4, -0.2) is 70.7 Å². The van der Waals surface area contributed by atoms with Crippen molar-refractivity contribution in [2.24, 2.45) is 0 Å². The van der Waals surface area contributed by atoms with E-state index in [9.17, 15) is 14.3 Å². The topological polar surface area (TPSA) is 94.1 Å². The number of esters is 1. The SMILES string of the molecule is CC/C=C\C/C=C\C/C=C\C/C=C\C/C=C\CCCCCCOCC(COP(=O)([O-])OCC[N+](C)(C)C)OC(=O)CCCCCC/C=C\C/C=C\C/C=C\C/C=C\CC. The lowest BCUT2D eigenvalue weighted by Gasteiger charge is -2.28. The Bertz CT molecular complexity index is 1300. The van der Waals surface area contributed by atoms with E-state index in [0.29, 0.717) is 17.6 Å². The van der Waals surface area contributed by atoms with Crippen molar-refractivity contribution in [3.8, 4) is 0 Å². The van der Waals surface area contributed by atoms with Crippen molar-refractivity contribution in [3.63, 3.8) is 0 Å². The quantitative estimate of drug-likeness (QED) is 0.0199. The van der Waals surface area contributed by atoms with Crippen LogP contribution in [0, 0.1) is 0 Å². The molecular formula is C50H84NO7P. The third-order valence-electron chi connectivity index (χ3n) is 8.82. The summed E-state index contributed by atoms with van der Waals surface area (Å²) < 4.78 is 34.6. The summed E-state index contributed by atoms with van der Waals surface area (Å²) in [5.74, 6) is -0.372. The zero-order valence-corrected chi connectivity index (χ0v) is 38.8. The minimum absolute atomic E-state index is 0.00853. The predicted octanol–water partition coefficient (Wildman–Crippen LogP) is 13.0. The molecule has 0 aromatic rings. The fourth-order valence-corrected chi connectivity index (χ4v) is 6.11. The maximum Gasteiger partial charge on any atom is 0.306 e. The lowest BCUT2D eigenvalue weighted by molar-refractivity contribution is -0.870. The van der Waals surface area contributed by atoms with Crippen LogP contribution in [0.5, 0.6) is 0 Å². The number of hydrogen-bond acceptors (Lipinski definition) is 7. The first kappa shape index (κ1) is 56.2. The number of allylic oxidation sites excluding steroid dienone is 18. The summed E-state index contributed by atoms with van der Waals surface area (Å²) in [5.41, 5.74) is 0. The molecule has 0 spiro atoms. The summed E-state index contributed by atoms with van der Waals surface area (Å²) >= 11 is 0. The fraction of sp³-hybridized carbons (Fsp3) is 0.620. The Balaban J connectivity index is 4.35. The normalized spacial score (nSPS) is 14.7. The number of phosphoric ester groups is 1. The Morgan fingerprint density at radius 2 is 0.932 bits per heavy atom. The van der Waals surface area contributed by atoms with E-state index in [2.05, 4.69) is 123 Å². The van der Waals surface area contributed by atoms with Crippen molar-refractivity contribution in [2.75, 3.05) is 54.1 Å². The van der Waals surface area contributed by atoms with Crippen molar-refractivity contribution in [3.05, 3.63) is 109 Å². The molecule has 0 aromatic heterocycles. The van der Waals surface area contributed by atoms with Crippen molar-refractivity contribution in [2.45, 2.75) is 148 Å². The monoisotopic (exact) mass is 842 g/mol. The zero-order valence-electron chi connectivity index (χ0n) is 37.9. The molecule has 2 atom stereocenters. The Kier molecular flexibility index (Phi) is 39.9. The molecule has 0 aromatic carbocycles. The Morgan fingerprint density at radius 1 is 0.525 bits per heavy atom. The van der Waals surface area contributed by atoms with E-state index >= 15 is 0 Å². The number of nitrogens with zero attached hydrogens (tertiary/aromatic N) is 1. The zero-order chi connectivity index (χ0) is 43.4. The van der Waals surface area contributed by atoms with E-state index in [1.54, 1.807) is 0 Å². The van der Waals surface area contributed by atoms with Crippen molar-refractivity contribution in [1.82, 2.24) is 0 Å². The maximum absolute atomic E-state index is 12.7. The number of phosphoric acid groups is 1. The third-order valence-corrected chi connectivity index (χ3v) is 9.78. The van der Waals surface area contributed by atoms with Gasteiger partial charge in [0, 0.05) is 13.0 Å². The van der Waals surface area contributed by atoms with Gasteiger partial charge < -0.3 is 27.9 Å².